The van der Waals surface area contributed by atoms with Crippen LogP contribution in [0.1, 0.15) is 162 Å². The van der Waals surface area contributed by atoms with E-state index in [1.807, 2.05) is 0 Å². The van der Waals surface area contributed by atoms with Crippen molar-refractivity contribution in [3.63, 3.8) is 0 Å². The van der Waals surface area contributed by atoms with E-state index in [0.29, 0.717) is 19.3 Å². The van der Waals surface area contributed by atoms with Gasteiger partial charge in [-0.2, -0.15) is 8.42 Å². The molecule has 308 valence electrons. The minimum absolute atomic E-state index is 0.253. The van der Waals surface area contributed by atoms with Gasteiger partial charge in [-0.15, -0.1) is 0 Å². The van der Waals surface area contributed by atoms with Crippen LogP contribution in [0.2, 0.25) is 0 Å². The molecule has 14 heteroatoms. The van der Waals surface area contributed by atoms with Crippen LogP contribution in [-0.2, 0) is 28.9 Å². The number of aliphatic hydroxyl groups is 5. The molecule has 52 heavy (non-hydrogen) atoms. The van der Waals surface area contributed by atoms with Crippen molar-refractivity contribution in [3.05, 3.63) is 12.2 Å². The molecule has 0 saturated carbocycles. The molecule has 0 radical (unpaired) electrons. The van der Waals surface area contributed by atoms with Gasteiger partial charge in [0.05, 0.1) is 25.4 Å². The third-order valence-electron chi connectivity index (χ3n) is 9.68. The molecule has 1 saturated heterocycles. The van der Waals surface area contributed by atoms with Crippen LogP contribution in [0.15, 0.2) is 12.2 Å². The van der Waals surface area contributed by atoms with E-state index in [0.717, 1.165) is 64.2 Å². The van der Waals surface area contributed by atoms with Gasteiger partial charge in [-0.1, -0.05) is 135 Å². The Morgan fingerprint density at radius 2 is 1.23 bits per heavy atom. The molecule has 0 aromatic carbocycles. The lowest BCUT2D eigenvalue weighted by atomic mass is 9.99. The molecule has 1 amide bonds. The smallest absolute Gasteiger partial charge is 0.394 e. The lowest BCUT2D eigenvalue weighted by Crippen LogP contribution is -2.61. The average Bonchev–Trinajstić information content (AvgIpc) is 3.11. The second-order valence-corrected chi connectivity index (χ2v) is 15.4. The molecule has 1 aliphatic rings. The van der Waals surface area contributed by atoms with Crippen molar-refractivity contribution in [1.82, 2.24) is 5.32 Å². The van der Waals surface area contributed by atoms with Crippen molar-refractivity contribution in [2.75, 3.05) is 13.2 Å². The highest BCUT2D eigenvalue weighted by Crippen LogP contribution is 2.26. The molecule has 0 aromatic rings. The van der Waals surface area contributed by atoms with Crippen molar-refractivity contribution in [2.24, 2.45) is 0 Å². The molecule has 1 rings (SSSR count). The quantitative estimate of drug-likeness (QED) is 0.0254. The van der Waals surface area contributed by atoms with Crippen LogP contribution < -0.4 is 5.32 Å². The monoisotopic (exact) mass is 767 g/mol. The zero-order valence-electron chi connectivity index (χ0n) is 32.0. The highest BCUT2D eigenvalue weighted by molar-refractivity contribution is 7.80. The van der Waals surface area contributed by atoms with Crippen LogP contribution in [0.5, 0.6) is 0 Å². The summed E-state index contributed by atoms with van der Waals surface area (Å²) in [6.07, 6.45) is 17.7. The third kappa shape index (κ3) is 22.9. The van der Waals surface area contributed by atoms with Gasteiger partial charge in [0, 0.05) is 0 Å². The van der Waals surface area contributed by atoms with Crippen LogP contribution in [0.25, 0.3) is 0 Å². The number of hydrogen-bond acceptors (Lipinski definition) is 11. The normalized spacial score (nSPS) is 22.8. The second kappa shape index (κ2) is 30.1. The Morgan fingerprint density at radius 1 is 0.750 bits per heavy atom. The number of rotatable bonds is 33. The fraction of sp³-hybridized carbons (Fsp3) is 0.921. The van der Waals surface area contributed by atoms with Gasteiger partial charge in [-0.05, 0) is 38.5 Å². The van der Waals surface area contributed by atoms with Gasteiger partial charge < -0.3 is 40.3 Å². The first-order chi connectivity index (χ1) is 24.9. The summed E-state index contributed by atoms with van der Waals surface area (Å²) >= 11 is 0. The molecule has 0 aliphatic carbocycles. The van der Waals surface area contributed by atoms with Crippen LogP contribution >= 0.6 is 0 Å². The van der Waals surface area contributed by atoms with E-state index < -0.39 is 78.5 Å². The summed E-state index contributed by atoms with van der Waals surface area (Å²) < 4.78 is 47.1. The number of unbranched alkanes of at least 4 members (excludes halogenated alkanes) is 18. The Balaban J connectivity index is 2.48. The molecule has 13 nitrogen and oxygen atoms in total. The Labute approximate surface area is 313 Å². The molecule has 0 aromatic heterocycles. The summed E-state index contributed by atoms with van der Waals surface area (Å²) in [5.41, 5.74) is 0. The van der Waals surface area contributed by atoms with Gasteiger partial charge in [-0.25, -0.2) is 4.18 Å². The summed E-state index contributed by atoms with van der Waals surface area (Å²) in [4.78, 5) is 13.0. The number of amides is 1. The summed E-state index contributed by atoms with van der Waals surface area (Å²) in [5, 5.41) is 54.7. The van der Waals surface area contributed by atoms with Gasteiger partial charge in [0.1, 0.15) is 30.5 Å². The van der Waals surface area contributed by atoms with E-state index >= 15 is 0 Å². The molecule has 8 unspecified atom stereocenters. The van der Waals surface area contributed by atoms with E-state index in [4.69, 9.17) is 14.0 Å². The highest BCUT2D eigenvalue weighted by atomic mass is 32.3. The molecule has 1 fully saturated rings. The SMILES string of the molecule is CCCCCCCCCC/C=C\CCCCCCCCC(O)C(=O)NC(COC1OC(CO)C(O)C(OS(=O)(=O)O)C1O)C(O)CCCCCCC. The molecular formula is C38H73NO12S. The lowest BCUT2D eigenvalue weighted by molar-refractivity contribution is -0.298. The Hall–Kier alpha value is -1.20. The Morgan fingerprint density at radius 3 is 1.73 bits per heavy atom. The molecule has 0 spiro atoms. The minimum atomic E-state index is -5.10. The van der Waals surface area contributed by atoms with Crippen molar-refractivity contribution >= 4 is 16.3 Å². The van der Waals surface area contributed by atoms with E-state index in [-0.39, 0.29) is 6.42 Å². The summed E-state index contributed by atoms with van der Waals surface area (Å²) in [5.74, 6) is -0.682. The number of hydrogen-bond donors (Lipinski definition) is 7. The Kier molecular flexibility index (Phi) is 28.2. The summed E-state index contributed by atoms with van der Waals surface area (Å²) in [6, 6.07) is -1.03. The maximum Gasteiger partial charge on any atom is 0.397 e. The lowest BCUT2D eigenvalue weighted by Gasteiger charge is -2.41. The maximum absolute atomic E-state index is 13.0. The first-order valence-electron chi connectivity index (χ1n) is 20.2. The van der Waals surface area contributed by atoms with Crippen LogP contribution in [-0.4, -0.2) is 107 Å². The van der Waals surface area contributed by atoms with Gasteiger partial charge >= 0.3 is 10.4 Å². The predicted octanol–water partition coefficient (Wildman–Crippen LogP) is 5.40. The van der Waals surface area contributed by atoms with E-state index in [2.05, 4.69) is 35.5 Å². The number of allylic oxidation sites excluding steroid dienone is 2. The van der Waals surface area contributed by atoms with Crippen molar-refractivity contribution < 1.29 is 57.0 Å². The van der Waals surface area contributed by atoms with Gasteiger partial charge in [0.25, 0.3) is 0 Å². The largest absolute Gasteiger partial charge is 0.397 e. The number of carbonyl (C=O) groups excluding carboxylic acids is 1. The number of carbonyl (C=O) groups is 1. The summed E-state index contributed by atoms with van der Waals surface area (Å²) in [7, 11) is -5.10. The Bertz CT molecular complexity index is 1020. The first kappa shape index (κ1) is 48.8. The van der Waals surface area contributed by atoms with E-state index in [1.54, 1.807) is 0 Å². The van der Waals surface area contributed by atoms with Gasteiger partial charge in [0.2, 0.25) is 5.91 Å². The molecule has 8 atom stereocenters. The zero-order chi connectivity index (χ0) is 38.6. The standard InChI is InChI=1S/C38H73NO12S/c1-3-5-7-9-10-11-12-13-14-15-16-17-18-19-20-21-23-25-27-32(42)37(45)39-30(31(41)26-24-22-8-6-4-2)29-49-38-35(44)36(51-52(46,47)48)34(43)33(28-40)50-38/h15-16,30-36,38,40-44H,3-14,17-29H2,1-2H3,(H,39,45)(H,46,47,48)/b16-15-. The van der Waals surface area contributed by atoms with E-state index in [9.17, 15) is 38.7 Å². The predicted molar refractivity (Wildman–Crippen MR) is 201 cm³/mol. The third-order valence-corrected chi connectivity index (χ3v) is 10.1. The minimum Gasteiger partial charge on any atom is -0.394 e. The highest BCUT2D eigenvalue weighted by Gasteiger charge is 2.48. The first-order valence-corrected chi connectivity index (χ1v) is 21.5. The maximum atomic E-state index is 13.0. The number of aliphatic hydroxyl groups excluding tert-OH is 5. The van der Waals surface area contributed by atoms with Crippen molar-refractivity contribution in [1.29, 1.82) is 0 Å². The van der Waals surface area contributed by atoms with Gasteiger partial charge in [-0.3, -0.25) is 9.35 Å². The van der Waals surface area contributed by atoms with Crippen LogP contribution in [0.3, 0.4) is 0 Å². The van der Waals surface area contributed by atoms with Crippen molar-refractivity contribution in [2.45, 2.75) is 210 Å². The topological polar surface area (TPSA) is 212 Å². The van der Waals surface area contributed by atoms with E-state index in [1.165, 1.54) is 57.8 Å². The second-order valence-electron chi connectivity index (χ2n) is 14.4. The number of nitrogens with one attached hydrogen (secondary N) is 1. The van der Waals surface area contributed by atoms with Crippen LogP contribution in [0.4, 0.5) is 0 Å². The fourth-order valence-electron chi connectivity index (χ4n) is 6.40. The molecule has 1 aliphatic heterocycles. The van der Waals surface area contributed by atoms with Gasteiger partial charge in [0.15, 0.2) is 6.29 Å². The van der Waals surface area contributed by atoms with Crippen LogP contribution in [0, 0.1) is 0 Å². The molecular weight excluding hydrogens is 694 g/mol. The molecule has 7 N–H and O–H groups in total. The van der Waals surface area contributed by atoms with Crippen molar-refractivity contribution in [3.8, 4) is 0 Å². The zero-order valence-corrected chi connectivity index (χ0v) is 32.8. The molecule has 0 bridgehead atoms. The molecule has 1 heterocycles. The fourth-order valence-corrected chi connectivity index (χ4v) is 6.91. The average molecular weight is 768 g/mol. The number of ether oxygens (including phenoxy) is 2. The summed E-state index contributed by atoms with van der Waals surface area (Å²) in [6.45, 7) is 3.13.